The summed E-state index contributed by atoms with van der Waals surface area (Å²) in [6.45, 7) is 7.44. The summed E-state index contributed by atoms with van der Waals surface area (Å²) < 4.78 is 4.33. The van der Waals surface area contributed by atoms with E-state index in [1.807, 2.05) is 19.3 Å². The van der Waals surface area contributed by atoms with Crippen molar-refractivity contribution in [3.8, 4) is 0 Å². The van der Waals surface area contributed by atoms with E-state index in [9.17, 15) is 0 Å². The number of aromatic nitrogens is 5. The van der Waals surface area contributed by atoms with E-state index in [0.29, 0.717) is 5.92 Å². The van der Waals surface area contributed by atoms with Crippen LogP contribution in [0.25, 0.3) is 0 Å². The SMILES string of the molecule is Cc1nccn1Cc1nnc(C2CCCN(C3CCNCC3)C2)n1C. The van der Waals surface area contributed by atoms with Crippen LogP contribution in [0.15, 0.2) is 12.4 Å². The topological polar surface area (TPSA) is 63.8 Å². The number of rotatable bonds is 4. The van der Waals surface area contributed by atoms with Gasteiger partial charge in [0.1, 0.15) is 11.6 Å². The van der Waals surface area contributed by atoms with E-state index in [0.717, 1.165) is 49.7 Å². The molecule has 1 N–H and O–H groups in total. The Bertz CT molecular complexity index is 698. The summed E-state index contributed by atoms with van der Waals surface area (Å²) in [7, 11) is 2.11. The van der Waals surface area contributed by atoms with Gasteiger partial charge < -0.3 is 14.5 Å². The molecule has 25 heavy (non-hydrogen) atoms. The first kappa shape index (κ1) is 16.7. The highest BCUT2D eigenvalue weighted by Gasteiger charge is 2.30. The van der Waals surface area contributed by atoms with Crippen LogP contribution >= 0.6 is 0 Å². The Morgan fingerprint density at radius 2 is 2.04 bits per heavy atom. The van der Waals surface area contributed by atoms with Gasteiger partial charge in [0.05, 0.1) is 6.54 Å². The van der Waals surface area contributed by atoms with E-state index in [1.165, 1.54) is 32.2 Å². The van der Waals surface area contributed by atoms with Crippen LogP contribution in [0.3, 0.4) is 0 Å². The number of imidazole rings is 1. The molecule has 1 atom stereocenters. The van der Waals surface area contributed by atoms with Crippen molar-refractivity contribution in [3.05, 3.63) is 29.9 Å². The van der Waals surface area contributed by atoms with Crippen molar-refractivity contribution in [3.63, 3.8) is 0 Å². The minimum Gasteiger partial charge on any atom is -0.328 e. The molecule has 1 unspecified atom stereocenters. The van der Waals surface area contributed by atoms with Crippen LogP contribution in [0.5, 0.6) is 0 Å². The second-order valence-corrected chi connectivity index (χ2v) is 7.45. The highest BCUT2D eigenvalue weighted by Crippen LogP contribution is 2.28. The molecule has 2 fully saturated rings. The predicted molar refractivity (Wildman–Crippen MR) is 96.5 cm³/mol. The van der Waals surface area contributed by atoms with Gasteiger partial charge in [0.2, 0.25) is 0 Å². The van der Waals surface area contributed by atoms with E-state index >= 15 is 0 Å². The third-order valence-corrected chi connectivity index (χ3v) is 5.88. The van der Waals surface area contributed by atoms with Gasteiger partial charge in [0.15, 0.2) is 5.82 Å². The maximum absolute atomic E-state index is 4.57. The average molecular weight is 343 g/mol. The van der Waals surface area contributed by atoms with Gasteiger partial charge in [-0.25, -0.2) is 4.98 Å². The molecule has 2 aliphatic heterocycles. The molecule has 7 nitrogen and oxygen atoms in total. The highest BCUT2D eigenvalue weighted by atomic mass is 15.3. The second kappa shape index (κ2) is 7.25. The number of likely N-dealkylation sites (tertiary alicyclic amines) is 1. The van der Waals surface area contributed by atoms with E-state index in [1.54, 1.807) is 0 Å². The normalized spacial score (nSPS) is 23.2. The molecule has 4 heterocycles. The zero-order valence-corrected chi connectivity index (χ0v) is 15.4. The highest BCUT2D eigenvalue weighted by molar-refractivity contribution is 5.06. The lowest BCUT2D eigenvalue weighted by molar-refractivity contribution is 0.120. The zero-order chi connectivity index (χ0) is 17.2. The van der Waals surface area contributed by atoms with Crippen LogP contribution in [-0.4, -0.2) is 61.4 Å². The molecule has 136 valence electrons. The lowest BCUT2D eigenvalue weighted by Crippen LogP contribution is -2.47. The van der Waals surface area contributed by atoms with Crippen molar-refractivity contribution < 1.29 is 0 Å². The lowest BCUT2D eigenvalue weighted by atomic mass is 9.93. The van der Waals surface area contributed by atoms with E-state index in [2.05, 4.69) is 41.6 Å². The first-order chi connectivity index (χ1) is 12.2. The van der Waals surface area contributed by atoms with Crippen LogP contribution < -0.4 is 5.32 Å². The Balaban J connectivity index is 1.47. The molecular formula is C18H29N7. The molecule has 0 aliphatic carbocycles. The van der Waals surface area contributed by atoms with Gasteiger partial charge in [-0.3, -0.25) is 4.90 Å². The van der Waals surface area contributed by atoms with Crippen LogP contribution in [0.2, 0.25) is 0 Å². The summed E-state index contributed by atoms with van der Waals surface area (Å²) >= 11 is 0. The molecule has 2 aromatic rings. The quantitative estimate of drug-likeness (QED) is 0.907. The van der Waals surface area contributed by atoms with Crippen molar-refractivity contribution in [1.29, 1.82) is 0 Å². The summed E-state index contributed by atoms with van der Waals surface area (Å²) in [5.74, 6) is 3.67. The fraction of sp³-hybridized carbons (Fsp3) is 0.722. The van der Waals surface area contributed by atoms with E-state index in [-0.39, 0.29) is 0 Å². The molecule has 0 spiro atoms. The Kier molecular flexibility index (Phi) is 4.85. The third-order valence-electron chi connectivity index (χ3n) is 5.88. The van der Waals surface area contributed by atoms with E-state index in [4.69, 9.17) is 0 Å². The lowest BCUT2D eigenvalue weighted by Gasteiger charge is -2.39. The monoisotopic (exact) mass is 343 g/mol. The Morgan fingerprint density at radius 3 is 2.80 bits per heavy atom. The largest absolute Gasteiger partial charge is 0.328 e. The predicted octanol–water partition coefficient (Wildman–Crippen LogP) is 1.30. The molecular weight excluding hydrogens is 314 g/mol. The molecule has 0 aromatic carbocycles. The summed E-state index contributed by atoms with van der Waals surface area (Å²) in [6, 6.07) is 0.741. The molecule has 4 rings (SSSR count). The Morgan fingerprint density at radius 1 is 1.20 bits per heavy atom. The summed E-state index contributed by atoms with van der Waals surface area (Å²) in [4.78, 5) is 6.99. The molecule has 7 heteroatoms. The van der Waals surface area contributed by atoms with Crippen LogP contribution in [-0.2, 0) is 13.6 Å². The van der Waals surface area contributed by atoms with Gasteiger partial charge in [-0.15, -0.1) is 10.2 Å². The number of aryl methyl sites for hydroxylation is 1. The van der Waals surface area contributed by atoms with Crippen LogP contribution in [0.4, 0.5) is 0 Å². The van der Waals surface area contributed by atoms with Gasteiger partial charge in [-0.1, -0.05) is 0 Å². The standard InChI is InChI=1S/C18H29N7/c1-14-20-9-11-24(14)13-17-21-22-18(23(17)2)15-4-3-10-25(12-15)16-5-7-19-8-6-16/h9,11,15-16,19H,3-8,10,12-13H2,1-2H3. The van der Waals surface area contributed by atoms with Crippen molar-refractivity contribution in [2.45, 2.75) is 51.1 Å². The minimum atomic E-state index is 0.499. The van der Waals surface area contributed by atoms with Crippen molar-refractivity contribution in [1.82, 2.24) is 34.5 Å². The first-order valence-electron chi connectivity index (χ1n) is 9.53. The van der Waals surface area contributed by atoms with Gasteiger partial charge in [-0.05, 0) is 52.2 Å². The molecule has 2 aromatic heterocycles. The van der Waals surface area contributed by atoms with Crippen LogP contribution in [0, 0.1) is 6.92 Å². The number of hydrogen-bond donors (Lipinski definition) is 1. The van der Waals surface area contributed by atoms with Gasteiger partial charge in [0, 0.05) is 37.9 Å². The molecule has 0 saturated carbocycles. The molecule has 2 aliphatic rings. The van der Waals surface area contributed by atoms with Crippen molar-refractivity contribution in [2.24, 2.45) is 7.05 Å². The smallest absolute Gasteiger partial charge is 0.152 e. The zero-order valence-electron chi connectivity index (χ0n) is 15.4. The number of nitrogens with one attached hydrogen (secondary N) is 1. The third kappa shape index (κ3) is 3.48. The fourth-order valence-corrected chi connectivity index (χ4v) is 4.31. The van der Waals surface area contributed by atoms with Crippen molar-refractivity contribution >= 4 is 0 Å². The van der Waals surface area contributed by atoms with Crippen LogP contribution in [0.1, 0.15) is 49.1 Å². The Labute approximate surface area is 149 Å². The molecule has 2 saturated heterocycles. The number of piperidine rings is 2. The number of nitrogens with zero attached hydrogens (tertiary/aromatic N) is 6. The fourth-order valence-electron chi connectivity index (χ4n) is 4.31. The van der Waals surface area contributed by atoms with E-state index < -0.39 is 0 Å². The first-order valence-corrected chi connectivity index (χ1v) is 9.53. The second-order valence-electron chi connectivity index (χ2n) is 7.45. The summed E-state index contributed by atoms with van der Waals surface area (Å²) in [6.07, 6.45) is 8.87. The van der Waals surface area contributed by atoms with Crippen molar-refractivity contribution in [2.75, 3.05) is 26.2 Å². The maximum atomic E-state index is 4.57. The summed E-state index contributed by atoms with van der Waals surface area (Å²) in [5.41, 5.74) is 0. The maximum Gasteiger partial charge on any atom is 0.152 e. The molecule has 0 amide bonds. The molecule has 0 bridgehead atoms. The van der Waals surface area contributed by atoms with Gasteiger partial charge >= 0.3 is 0 Å². The molecule has 0 radical (unpaired) electrons. The van der Waals surface area contributed by atoms with Gasteiger partial charge in [0.25, 0.3) is 0 Å². The average Bonchev–Trinajstić information content (AvgIpc) is 3.22. The Hall–Kier alpha value is -1.73. The number of hydrogen-bond acceptors (Lipinski definition) is 5. The minimum absolute atomic E-state index is 0.499. The van der Waals surface area contributed by atoms with Gasteiger partial charge in [-0.2, -0.15) is 0 Å². The summed E-state index contributed by atoms with van der Waals surface area (Å²) in [5, 5.41) is 12.5.